The number of nitrogens with one attached hydrogen (secondary N) is 2. The number of hydrogen-bond donors (Lipinski definition) is 4. The normalized spacial score (nSPS) is 11.0. The maximum absolute atomic E-state index is 12.4. The predicted molar refractivity (Wildman–Crippen MR) is 170 cm³/mol. The van der Waals surface area contributed by atoms with E-state index >= 15 is 0 Å². The van der Waals surface area contributed by atoms with E-state index in [-0.39, 0.29) is 47.5 Å². The van der Waals surface area contributed by atoms with Crippen LogP contribution in [0.2, 0.25) is 0 Å². The maximum atomic E-state index is 12.4. The minimum Gasteiger partial charge on any atom is -0.507 e. The molecule has 2 amide bonds. The van der Waals surface area contributed by atoms with E-state index in [1.165, 1.54) is 46.6 Å². The average molecular weight is 649 g/mol. The van der Waals surface area contributed by atoms with Crippen LogP contribution < -0.4 is 43.8 Å². The summed E-state index contributed by atoms with van der Waals surface area (Å²) >= 11 is 0. The SMILES string of the molecule is COc1cc(O)c(C(=O)NCc2ccc3c(c2)OCO3)c(OC)c1.COc1cccc(CNC(=O)c2c(O)cc(OC)cc2OC)c1. The molecule has 0 saturated carbocycles. The first kappa shape index (κ1) is 33.9. The van der Waals surface area contributed by atoms with E-state index in [0.29, 0.717) is 35.3 Å². The second-order valence-electron chi connectivity index (χ2n) is 9.85. The lowest BCUT2D eigenvalue weighted by Crippen LogP contribution is -2.23. The van der Waals surface area contributed by atoms with Gasteiger partial charge in [0.15, 0.2) is 11.5 Å². The Morgan fingerprint density at radius 2 is 1.13 bits per heavy atom. The van der Waals surface area contributed by atoms with Gasteiger partial charge in [0, 0.05) is 37.4 Å². The number of fused-ring (bicyclic) bond motifs is 1. The standard InChI is InChI=1S/C17H17NO6.C17H19NO5/c1-21-11-6-12(19)16(15(7-11)22-2)17(20)18-8-10-3-4-13-14(5-10)24-9-23-13;1-21-12-6-4-5-11(7-12)10-18-17(20)16-14(19)8-13(22-2)9-15(16)23-3/h3-7,19H,8-9H2,1-2H3,(H,18,20);4-9,19H,10H2,1-3H3,(H,18,20). The molecule has 1 heterocycles. The molecule has 4 N–H and O–H groups in total. The van der Waals surface area contributed by atoms with E-state index in [4.69, 9.17) is 33.2 Å². The molecule has 0 aliphatic carbocycles. The number of rotatable bonds is 11. The van der Waals surface area contributed by atoms with Gasteiger partial charge >= 0.3 is 0 Å². The first-order chi connectivity index (χ1) is 22.7. The number of amides is 2. The van der Waals surface area contributed by atoms with Crippen LogP contribution in [0.25, 0.3) is 0 Å². The molecule has 4 aromatic carbocycles. The molecule has 0 atom stereocenters. The third kappa shape index (κ3) is 8.39. The summed E-state index contributed by atoms with van der Waals surface area (Å²) in [5, 5.41) is 25.6. The van der Waals surface area contributed by atoms with Gasteiger partial charge in [-0.15, -0.1) is 0 Å². The summed E-state index contributed by atoms with van der Waals surface area (Å²) in [5.74, 6) is 2.00. The van der Waals surface area contributed by atoms with Gasteiger partial charge in [0.25, 0.3) is 11.8 Å². The first-order valence-corrected chi connectivity index (χ1v) is 14.2. The maximum Gasteiger partial charge on any atom is 0.259 e. The molecule has 0 spiro atoms. The fourth-order valence-corrected chi connectivity index (χ4v) is 4.54. The molecule has 0 unspecified atom stereocenters. The molecule has 0 radical (unpaired) electrons. The van der Waals surface area contributed by atoms with Gasteiger partial charge in [-0.05, 0) is 35.4 Å². The molecule has 0 saturated heterocycles. The van der Waals surface area contributed by atoms with E-state index < -0.39 is 11.8 Å². The van der Waals surface area contributed by atoms with Gasteiger partial charge in [-0.25, -0.2) is 0 Å². The molecule has 13 heteroatoms. The Morgan fingerprint density at radius 1 is 0.617 bits per heavy atom. The molecular formula is C34H36N2O11. The lowest BCUT2D eigenvalue weighted by atomic mass is 10.1. The van der Waals surface area contributed by atoms with Crippen LogP contribution in [0.4, 0.5) is 0 Å². The second kappa shape index (κ2) is 15.8. The van der Waals surface area contributed by atoms with Crippen molar-refractivity contribution in [2.45, 2.75) is 13.1 Å². The minimum atomic E-state index is -0.454. The highest BCUT2D eigenvalue weighted by Gasteiger charge is 2.21. The summed E-state index contributed by atoms with van der Waals surface area (Å²) in [5.41, 5.74) is 1.85. The van der Waals surface area contributed by atoms with Crippen molar-refractivity contribution < 1.29 is 53.0 Å². The smallest absolute Gasteiger partial charge is 0.259 e. The topological polar surface area (TPSA) is 163 Å². The van der Waals surface area contributed by atoms with Gasteiger partial charge in [-0.1, -0.05) is 18.2 Å². The van der Waals surface area contributed by atoms with Crippen LogP contribution in [0.3, 0.4) is 0 Å². The molecule has 13 nitrogen and oxygen atoms in total. The van der Waals surface area contributed by atoms with Crippen LogP contribution in [0.15, 0.2) is 66.7 Å². The quantitative estimate of drug-likeness (QED) is 0.182. The van der Waals surface area contributed by atoms with Crippen LogP contribution in [0, 0.1) is 0 Å². The number of carbonyl (C=O) groups excluding carboxylic acids is 2. The van der Waals surface area contributed by atoms with Crippen molar-refractivity contribution in [2.24, 2.45) is 0 Å². The highest BCUT2D eigenvalue weighted by atomic mass is 16.7. The predicted octanol–water partition coefficient (Wildman–Crippen LogP) is 4.42. The van der Waals surface area contributed by atoms with Gasteiger partial charge in [0.05, 0.1) is 35.5 Å². The summed E-state index contributed by atoms with van der Waals surface area (Å²) < 4.78 is 36.1. The number of phenols is 2. The summed E-state index contributed by atoms with van der Waals surface area (Å²) in [6.07, 6.45) is 0. The Morgan fingerprint density at radius 3 is 1.64 bits per heavy atom. The Labute approximate surface area is 271 Å². The zero-order chi connectivity index (χ0) is 33.9. The Kier molecular flexibility index (Phi) is 11.4. The first-order valence-electron chi connectivity index (χ1n) is 14.2. The summed E-state index contributed by atoms with van der Waals surface area (Å²) in [4.78, 5) is 24.8. The molecule has 0 fully saturated rings. The van der Waals surface area contributed by atoms with Crippen molar-refractivity contribution in [1.82, 2.24) is 10.6 Å². The molecule has 0 bridgehead atoms. The molecular weight excluding hydrogens is 612 g/mol. The number of benzene rings is 4. The van der Waals surface area contributed by atoms with Gasteiger partial charge < -0.3 is 54.0 Å². The largest absolute Gasteiger partial charge is 0.507 e. The molecule has 0 aromatic heterocycles. The van der Waals surface area contributed by atoms with Crippen LogP contribution in [-0.2, 0) is 13.1 Å². The highest BCUT2D eigenvalue weighted by Crippen LogP contribution is 2.35. The Bertz CT molecular complexity index is 1730. The van der Waals surface area contributed by atoms with Gasteiger partial charge in [0.1, 0.15) is 51.4 Å². The number of carbonyl (C=O) groups is 2. The fourth-order valence-electron chi connectivity index (χ4n) is 4.54. The lowest BCUT2D eigenvalue weighted by molar-refractivity contribution is 0.0936. The molecule has 47 heavy (non-hydrogen) atoms. The average Bonchev–Trinajstić information content (AvgIpc) is 3.57. The summed E-state index contributed by atoms with van der Waals surface area (Å²) in [6.45, 7) is 0.761. The van der Waals surface area contributed by atoms with E-state index in [0.717, 1.165) is 11.1 Å². The Balaban J connectivity index is 0.000000213. The zero-order valence-corrected chi connectivity index (χ0v) is 26.5. The fraction of sp³-hybridized carbons (Fsp3) is 0.235. The van der Waals surface area contributed by atoms with Gasteiger partial charge in [0.2, 0.25) is 6.79 Å². The number of aromatic hydroxyl groups is 2. The number of hydrogen-bond acceptors (Lipinski definition) is 11. The second-order valence-corrected chi connectivity index (χ2v) is 9.85. The van der Waals surface area contributed by atoms with E-state index in [9.17, 15) is 19.8 Å². The van der Waals surface area contributed by atoms with Crippen molar-refractivity contribution >= 4 is 11.8 Å². The van der Waals surface area contributed by atoms with Crippen LogP contribution in [-0.4, -0.2) is 64.4 Å². The van der Waals surface area contributed by atoms with E-state index in [1.807, 2.05) is 30.3 Å². The highest BCUT2D eigenvalue weighted by molar-refractivity contribution is 6.00. The summed E-state index contributed by atoms with van der Waals surface area (Å²) in [7, 11) is 7.36. The molecule has 4 aromatic rings. The number of phenolic OH excluding ortho intramolecular Hbond substituents is 2. The van der Waals surface area contributed by atoms with Crippen molar-refractivity contribution in [2.75, 3.05) is 42.3 Å². The Hall–Kier alpha value is -5.98. The molecule has 1 aliphatic heterocycles. The van der Waals surface area contributed by atoms with E-state index in [1.54, 1.807) is 25.3 Å². The molecule has 5 rings (SSSR count). The van der Waals surface area contributed by atoms with Crippen molar-refractivity contribution in [1.29, 1.82) is 0 Å². The van der Waals surface area contributed by atoms with Crippen LogP contribution in [0.1, 0.15) is 31.8 Å². The van der Waals surface area contributed by atoms with Gasteiger partial charge in [-0.3, -0.25) is 9.59 Å². The third-order valence-electron chi connectivity index (χ3n) is 6.95. The monoisotopic (exact) mass is 648 g/mol. The summed E-state index contributed by atoms with van der Waals surface area (Å²) in [6, 6.07) is 18.6. The van der Waals surface area contributed by atoms with Crippen molar-refractivity contribution in [3.63, 3.8) is 0 Å². The lowest BCUT2D eigenvalue weighted by Gasteiger charge is -2.13. The van der Waals surface area contributed by atoms with Crippen molar-refractivity contribution in [3.8, 4) is 51.7 Å². The molecule has 248 valence electrons. The van der Waals surface area contributed by atoms with Gasteiger partial charge in [-0.2, -0.15) is 0 Å². The van der Waals surface area contributed by atoms with E-state index in [2.05, 4.69) is 10.6 Å². The third-order valence-corrected chi connectivity index (χ3v) is 6.95. The number of ether oxygens (including phenoxy) is 7. The minimum absolute atomic E-state index is 0.0547. The molecule has 1 aliphatic rings. The van der Waals surface area contributed by atoms with Crippen LogP contribution >= 0.6 is 0 Å². The van der Waals surface area contributed by atoms with Crippen molar-refractivity contribution in [3.05, 3.63) is 89.0 Å². The number of methoxy groups -OCH3 is 5. The zero-order valence-electron chi connectivity index (χ0n) is 26.5. The van der Waals surface area contributed by atoms with Crippen LogP contribution in [0.5, 0.6) is 51.7 Å².